The van der Waals surface area contributed by atoms with Crippen LogP contribution in [0, 0.1) is 11.3 Å². The molecular formula is C11H10N4O3. The van der Waals surface area contributed by atoms with Crippen LogP contribution in [-0.4, -0.2) is 33.8 Å². The van der Waals surface area contributed by atoms with Crippen molar-refractivity contribution in [2.45, 2.75) is 25.0 Å². The molecule has 0 saturated carbocycles. The normalized spacial score (nSPS) is 26.6. The predicted molar refractivity (Wildman–Crippen MR) is 58.3 cm³/mol. The first-order chi connectivity index (χ1) is 8.61. The molecule has 2 aliphatic rings. The second-order valence-corrected chi connectivity index (χ2v) is 4.35. The third-order valence-corrected chi connectivity index (χ3v) is 3.15. The lowest BCUT2D eigenvalue weighted by atomic mass is 10.2. The fourth-order valence-electron chi connectivity index (χ4n) is 2.33. The van der Waals surface area contributed by atoms with Gasteiger partial charge < -0.3 is 4.74 Å². The van der Waals surface area contributed by atoms with E-state index in [1.165, 1.54) is 10.9 Å². The third-order valence-electron chi connectivity index (χ3n) is 3.15. The number of carbonyl (C=O) groups excluding carboxylic acids is 2. The highest BCUT2D eigenvalue weighted by molar-refractivity contribution is 6.19. The van der Waals surface area contributed by atoms with Crippen molar-refractivity contribution in [3.8, 4) is 6.07 Å². The van der Waals surface area contributed by atoms with Crippen LogP contribution in [0.1, 0.15) is 18.4 Å². The van der Waals surface area contributed by atoms with Crippen LogP contribution in [0.15, 0.2) is 6.20 Å². The van der Waals surface area contributed by atoms with Crippen molar-refractivity contribution in [2.24, 2.45) is 7.05 Å². The molecule has 2 fully saturated rings. The average molecular weight is 246 g/mol. The van der Waals surface area contributed by atoms with Gasteiger partial charge in [0.05, 0.1) is 0 Å². The maximum absolute atomic E-state index is 12.1. The molecule has 0 N–H and O–H groups in total. The lowest BCUT2D eigenvalue weighted by Gasteiger charge is -2.28. The average Bonchev–Trinajstić information content (AvgIpc) is 2.93. The Balaban J connectivity index is 2.08. The van der Waals surface area contributed by atoms with Crippen LogP contribution in [0.2, 0.25) is 0 Å². The summed E-state index contributed by atoms with van der Waals surface area (Å²) in [6.45, 7) is 0. The van der Waals surface area contributed by atoms with E-state index in [2.05, 4.69) is 5.10 Å². The molecule has 2 bridgehead atoms. The van der Waals surface area contributed by atoms with Gasteiger partial charge in [-0.1, -0.05) is 0 Å². The lowest BCUT2D eigenvalue weighted by Crippen LogP contribution is -2.52. The second kappa shape index (κ2) is 3.65. The highest BCUT2D eigenvalue weighted by atomic mass is 16.5. The Labute approximate surface area is 103 Å². The van der Waals surface area contributed by atoms with Crippen molar-refractivity contribution in [1.29, 1.82) is 5.26 Å². The minimum atomic E-state index is -0.582. The van der Waals surface area contributed by atoms with Crippen LogP contribution >= 0.6 is 0 Å². The monoisotopic (exact) mass is 246 g/mol. The summed E-state index contributed by atoms with van der Waals surface area (Å²) in [5.41, 5.74) is 0.209. The zero-order valence-electron chi connectivity index (χ0n) is 9.66. The molecule has 0 aliphatic carbocycles. The lowest BCUT2D eigenvalue weighted by molar-refractivity contribution is -0.146. The maximum atomic E-state index is 12.1. The van der Waals surface area contributed by atoms with Gasteiger partial charge in [-0.25, -0.2) is 4.90 Å². The Morgan fingerprint density at radius 1 is 1.39 bits per heavy atom. The number of aromatic nitrogens is 2. The number of morpholine rings is 1. The molecule has 2 unspecified atom stereocenters. The van der Waals surface area contributed by atoms with Gasteiger partial charge >= 0.3 is 0 Å². The van der Waals surface area contributed by atoms with E-state index in [-0.39, 0.29) is 11.4 Å². The maximum Gasteiger partial charge on any atom is 0.264 e. The fourth-order valence-corrected chi connectivity index (χ4v) is 2.33. The Morgan fingerprint density at radius 3 is 2.56 bits per heavy atom. The summed E-state index contributed by atoms with van der Waals surface area (Å²) in [5, 5.41) is 13.0. The van der Waals surface area contributed by atoms with Crippen molar-refractivity contribution in [1.82, 2.24) is 9.78 Å². The zero-order valence-corrected chi connectivity index (χ0v) is 9.66. The number of nitriles is 1. The number of hydrogen-bond acceptors (Lipinski definition) is 5. The first-order valence-corrected chi connectivity index (χ1v) is 5.59. The van der Waals surface area contributed by atoms with Gasteiger partial charge in [-0.2, -0.15) is 10.4 Å². The van der Waals surface area contributed by atoms with Crippen molar-refractivity contribution >= 4 is 17.6 Å². The Kier molecular flexibility index (Phi) is 2.21. The highest BCUT2D eigenvalue weighted by Crippen LogP contribution is 2.32. The Bertz CT molecular complexity index is 564. The number of ether oxygens (including phenoxy) is 1. The number of rotatable bonds is 1. The number of nitrogens with zero attached hydrogens (tertiary/aromatic N) is 4. The first kappa shape index (κ1) is 10.9. The minimum Gasteiger partial charge on any atom is -0.355 e. The smallest absolute Gasteiger partial charge is 0.264 e. The SMILES string of the molecule is Cn1cc(C#N)c(N2C(=O)C3CCC(O3)C2=O)n1. The van der Waals surface area contributed by atoms with E-state index in [9.17, 15) is 9.59 Å². The van der Waals surface area contributed by atoms with Crippen LogP contribution in [0.4, 0.5) is 5.82 Å². The van der Waals surface area contributed by atoms with Gasteiger partial charge in [-0.3, -0.25) is 14.3 Å². The van der Waals surface area contributed by atoms with Crippen LogP contribution in [0.5, 0.6) is 0 Å². The molecule has 2 amide bonds. The molecule has 3 rings (SSSR count). The van der Waals surface area contributed by atoms with E-state index in [1.807, 2.05) is 6.07 Å². The van der Waals surface area contributed by atoms with Crippen LogP contribution in [0.25, 0.3) is 0 Å². The number of hydrogen-bond donors (Lipinski definition) is 0. The minimum absolute atomic E-state index is 0.107. The van der Waals surface area contributed by atoms with Crippen LogP contribution in [-0.2, 0) is 21.4 Å². The van der Waals surface area contributed by atoms with E-state index in [0.717, 1.165) is 4.90 Å². The molecule has 2 saturated heterocycles. The van der Waals surface area contributed by atoms with Gasteiger partial charge in [0.15, 0.2) is 5.82 Å². The van der Waals surface area contributed by atoms with E-state index < -0.39 is 24.0 Å². The number of aryl methyl sites for hydroxylation is 1. The van der Waals surface area contributed by atoms with E-state index in [1.54, 1.807) is 7.05 Å². The zero-order chi connectivity index (χ0) is 12.9. The number of amides is 2. The Morgan fingerprint density at radius 2 is 2.00 bits per heavy atom. The van der Waals surface area contributed by atoms with E-state index >= 15 is 0 Å². The van der Waals surface area contributed by atoms with Gasteiger partial charge in [0, 0.05) is 13.2 Å². The van der Waals surface area contributed by atoms with Gasteiger partial charge in [0.1, 0.15) is 23.8 Å². The van der Waals surface area contributed by atoms with Gasteiger partial charge in [-0.15, -0.1) is 0 Å². The summed E-state index contributed by atoms with van der Waals surface area (Å²) in [4.78, 5) is 25.2. The van der Waals surface area contributed by atoms with Crippen molar-refractivity contribution in [3.63, 3.8) is 0 Å². The standard InChI is InChI=1S/C11H10N4O3/c1-14-5-6(4-12)9(13-14)15-10(16)7-2-3-8(18-7)11(15)17/h5,7-8H,2-3H2,1H3. The molecular weight excluding hydrogens is 236 g/mol. The molecule has 0 spiro atoms. The number of imide groups is 1. The van der Waals surface area contributed by atoms with Crippen molar-refractivity contribution in [3.05, 3.63) is 11.8 Å². The molecule has 2 aliphatic heterocycles. The summed E-state index contributed by atoms with van der Waals surface area (Å²) in [6.07, 6.45) is 1.40. The molecule has 7 heteroatoms. The predicted octanol–water partition coefficient (Wildman–Crippen LogP) is -0.287. The molecule has 92 valence electrons. The third kappa shape index (κ3) is 1.36. The van der Waals surface area contributed by atoms with Gasteiger partial charge in [-0.05, 0) is 12.8 Å². The number of carbonyl (C=O) groups is 2. The molecule has 7 nitrogen and oxygen atoms in total. The molecule has 0 radical (unpaired) electrons. The number of anilines is 1. The molecule has 18 heavy (non-hydrogen) atoms. The van der Waals surface area contributed by atoms with Gasteiger partial charge in [0.2, 0.25) is 0 Å². The summed E-state index contributed by atoms with van der Waals surface area (Å²) in [5.74, 6) is -0.747. The molecule has 0 aromatic carbocycles. The molecule has 1 aromatic rings. The van der Waals surface area contributed by atoms with Gasteiger partial charge in [0.25, 0.3) is 11.8 Å². The number of fused-ring (bicyclic) bond motifs is 2. The fraction of sp³-hybridized carbons (Fsp3) is 0.455. The summed E-state index contributed by atoms with van der Waals surface area (Å²) >= 11 is 0. The second-order valence-electron chi connectivity index (χ2n) is 4.35. The Hall–Kier alpha value is -2.20. The van der Waals surface area contributed by atoms with E-state index in [0.29, 0.717) is 12.8 Å². The topological polar surface area (TPSA) is 88.2 Å². The molecule has 3 heterocycles. The summed E-state index contributed by atoms with van der Waals surface area (Å²) < 4.78 is 6.70. The highest BCUT2D eigenvalue weighted by Gasteiger charge is 2.48. The molecule has 1 aromatic heterocycles. The largest absolute Gasteiger partial charge is 0.355 e. The van der Waals surface area contributed by atoms with Crippen LogP contribution in [0.3, 0.4) is 0 Å². The summed E-state index contributed by atoms with van der Waals surface area (Å²) in [7, 11) is 1.63. The van der Waals surface area contributed by atoms with E-state index in [4.69, 9.17) is 10.00 Å². The van der Waals surface area contributed by atoms with Crippen molar-refractivity contribution < 1.29 is 14.3 Å². The first-order valence-electron chi connectivity index (χ1n) is 5.59. The summed E-state index contributed by atoms with van der Waals surface area (Å²) in [6, 6.07) is 1.93. The van der Waals surface area contributed by atoms with Crippen molar-refractivity contribution in [2.75, 3.05) is 4.90 Å². The molecule has 2 atom stereocenters. The quantitative estimate of drug-likeness (QED) is 0.635. The van der Waals surface area contributed by atoms with Crippen LogP contribution < -0.4 is 4.90 Å².